The van der Waals surface area contributed by atoms with Gasteiger partial charge in [0, 0.05) is 42.6 Å². The van der Waals surface area contributed by atoms with Gasteiger partial charge in [0.1, 0.15) is 17.5 Å². The van der Waals surface area contributed by atoms with E-state index >= 15 is 0 Å². The van der Waals surface area contributed by atoms with Gasteiger partial charge in [0.25, 0.3) is 5.56 Å². The van der Waals surface area contributed by atoms with E-state index in [-0.39, 0.29) is 11.5 Å². The number of aryl methyl sites for hydroxylation is 2. The van der Waals surface area contributed by atoms with E-state index in [1.807, 2.05) is 25.3 Å². The van der Waals surface area contributed by atoms with Crippen LogP contribution in [0.4, 0.5) is 8.78 Å². The standard InChI is InChI=1S/C17H25F2NO.C12H18N2O.C2H6/c1-3-5-14-8-10-15(11-9-14)17(20-21)7-4-6-16(19)12-13(2)18;1-3-6-10-9(2)13-11-7-4-5-8-14(11)12(10)15;1-2/h4,6,12,14-15,21H,2-3,5,7-11H2,1H3;3-8H2,1-2H3;1-2H3/b6-4-,16-12+,20-17+;;. The Bertz CT molecular complexity index is 1000. The quantitative estimate of drug-likeness (QED) is 0.150. The normalized spacial score (nSPS) is 19.7. The molecule has 0 radical (unpaired) electrons. The van der Waals surface area contributed by atoms with Gasteiger partial charge >= 0.3 is 0 Å². The van der Waals surface area contributed by atoms with Crippen LogP contribution in [0.5, 0.6) is 0 Å². The third-order valence-corrected chi connectivity index (χ3v) is 7.12. The van der Waals surface area contributed by atoms with Crippen LogP contribution in [0.2, 0.25) is 0 Å². The van der Waals surface area contributed by atoms with Crippen molar-refractivity contribution in [2.45, 2.75) is 118 Å². The van der Waals surface area contributed by atoms with Gasteiger partial charge < -0.3 is 5.21 Å². The van der Waals surface area contributed by atoms with E-state index in [9.17, 15) is 13.6 Å². The highest BCUT2D eigenvalue weighted by molar-refractivity contribution is 5.87. The third kappa shape index (κ3) is 11.0. The van der Waals surface area contributed by atoms with Crippen LogP contribution >= 0.6 is 0 Å². The monoisotopic (exact) mass is 533 g/mol. The molecule has 0 atom stereocenters. The molecular formula is C31H49F2N3O2. The fraction of sp³-hybridized carbons (Fsp3) is 0.645. The second-order valence-corrected chi connectivity index (χ2v) is 9.94. The van der Waals surface area contributed by atoms with E-state index in [1.165, 1.54) is 25.3 Å². The Labute approximate surface area is 228 Å². The Morgan fingerprint density at radius 3 is 2.42 bits per heavy atom. The summed E-state index contributed by atoms with van der Waals surface area (Å²) in [6.45, 7) is 14.1. The lowest BCUT2D eigenvalue weighted by Gasteiger charge is -2.28. The second-order valence-electron chi connectivity index (χ2n) is 9.94. The number of aromatic nitrogens is 2. The summed E-state index contributed by atoms with van der Waals surface area (Å²) >= 11 is 0. The number of oxime groups is 1. The van der Waals surface area contributed by atoms with Crippen molar-refractivity contribution < 1.29 is 14.0 Å². The molecule has 1 aromatic rings. The van der Waals surface area contributed by atoms with Crippen molar-refractivity contribution in [3.05, 3.63) is 63.9 Å². The first-order valence-electron chi connectivity index (χ1n) is 14.5. The molecule has 7 heteroatoms. The molecule has 0 spiro atoms. The molecule has 214 valence electrons. The van der Waals surface area contributed by atoms with Crippen LogP contribution in [0.15, 0.2) is 46.4 Å². The molecule has 38 heavy (non-hydrogen) atoms. The molecule has 5 nitrogen and oxygen atoms in total. The van der Waals surface area contributed by atoms with Crippen LogP contribution < -0.4 is 5.56 Å². The van der Waals surface area contributed by atoms with Crippen molar-refractivity contribution in [3.8, 4) is 0 Å². The Hall–Kier alpha value is -2.57. The highest BCUT2D eigenvalue weighted by Gasteiger charge is 2.24. The van der Waals surface area contributed by atoms with Gasteiger partial charge in [0.15, 0.2) is 0 Å². The molecule has 1 aliphatic heterocycles. The van der Waals surface area contributed by atoms with Gasteiger partial charge in [-0.15, -0.1) is 0 Å². The van der Waals surface area contributed by atoms with Crippen LogP contribution in [0, 0.1) is 18.8 Å². The highest BCUT2D eigenvalue weighted by atomic mass is 19.1. The molecule has 3 rings (SSSR count). The van der Waals surface area contributed by atoms with Crippen molar-refractivity contribution in [3.63, 3.8) is 0 Å². The third-order valence-electron chi connectivity index (χ3n) is 7.12. The number of allylic oxidation sites excluding steroid dienone is 5. The molecule has 1 N–H and O–H groups in total. The van der Waals surface area contributed by atoms with E-state index in [1.54, 1.807) is 6.08 Å². The molecule has 1 aliphatic carbocycles. The van der Waals surface area contributed by atoms with E-state index in [2.05, 4.69) is 30.6 Å². The molecule has 0 saturated heterocycles. The van der Waals surface area contributed by atoms with E-state index in [4.69, 9.17) is 5.21 Å². The maximum Gasteiger partial charge on any atom is 0.256 e. The second kappa shape index (κ2) is 18.6. The maximum atomic E-state index is 13.2. The summed E-state index contributed by atoms with van der Waals surface area (Å²) in [6.07, 6.45) is 15.8. The highest BCUT2D eigenvalue weighted by Crippen LogP contribution is 2.33. The molecule has 0 amide bonds. The van der Waals surface area contributed by atoms with Crippen LogP contribution in [0.1, 0.15) is 109 Å². The molecule has 1 fully saturated rings. The smallest absolute Gasteiger partial charge is 0.256 e. The summed E-state index contributed by atoms with van der Waals surface area (Å²) < 4.78 is 27.4. The molecule has 1 aromatic heterocycles. The molecular weight excluding hydrogens is 484 g/mol. The largest absolute Gasteiger partial charge is 0.411 e. The Morgan fingerprint density at radius 1 is 1.16 bits per heavy atom. The number of hydrogen-bond donors (Lipinski definition) is 1. The summed E-state index contributed by atoms with van der Waals surface area (Å²) in [5.41, 5.74) is 2.75. The first kappa shape index (κ1) is 33.5. The van der Waals surface area contributed by atoms with Gasteiger partial charge in [-0.25, -0.2) is 13.8 Å². The molecule has 2 aliphatic rings. The number of hydrogen-bond acceptors (Lipinski definition) is 4. The van der Waals surface area contributed by atoms with Crippen molar-refractivity contribution in [1.82, 2.24) is 9.55 Å². The van der Waals surface area contributed by atoms with Gasteiger partial charge in [-0.05, 0) is 63.9 Å². The Morgan fingerprint density at radius 2 is 1.84 bits per heavy atom. The van der Waals surface area contributed by atoms with Gasteiger partial charge in [-0.3, -0.25) is 9.36 Å². The predicted octanol–water partition coefficient (Wildman–Crippen LogP) is 8.57. The van der Waals surface area contributed by atoms with Gasteiger partial charge in [-0.1, -0.05) is 64.8 Å². The molecule has 1 saturated carbocycles. The Kier molecular flexibility index (Phi) is 16.4. The van der Waals surface area contributed by atoms with Crippen molar-refractivity contribution in [2.24, 2.45) is 17.0 Å². The first-order chi connectivity index (χ1) is 18.3. The lowest BCUT2D eigenvalue weighted by molar-refractivity contribution is 0.284. The van der Waals surface area contributed by atoms with E-state index in [0.29, 0.717) is 12.1 Å². The minimum Gasteiger partial charge on any atom is -0.411 e. The van der Waals surface area contributed by atoms with Crippen molar-refractivity contribution in [2.75, 3.05) is 0 Å². The zero-order valence-corrected chi connectivity index (χ0v) is 24.2. The van der Waals surface area contributed by atoms with Crippen LogP contribution in [-0.4, -0.2) is 20.5 Å². The lowest BCUT2D eigenvalue weighted by Crippen LogP contribution is -2.31. The SMILES string of the molecule is C=C(F)/C=C(F)\C=C/C/C(=N\O)C1CCC(CCC)CC1.CC.CCCc1c(C)nc2n(c1=O)CCCC2. The minimum atomic E-state index is -0.817. The topological polar surface area (TPSA) is 67.5 Å². The average molecular weight is 534 g/mol. The van der Waals surface area contributed by atoms with Gasteiger partial charge in [0.2, 0.25) is 0 Å². The van der Waals surface area contributed by atoms with Crippen molar-refractivity contribution in [1.29, 1.82) is 0 Å². The number of nitrogens with zero attached hydrogens (tertiary/aromatic N) is 3. The molecule has 0 bridgehead atoms. The van der Waals surface area contributed by atoms with Crippen LogP contribution in [0.25, 0.3) is 0 Å². The minimum absolute atomic E-state index is 0.207. The Balaban J connectivity index is 0.000000372. The summed E-state index contributed by atoms with van der Waals surface area (Å²) in [4.78, 5) is 16.7. The van der Waals surface area contributed by atoms with Crippen molar-refractivity contribution >= 4 is 5.71 Å². The van der Waals surface area contributed by atoms with E-state index < -0.39 is 11.7 Å². The summed E-state index contributed by atoms with van der Waals surface area (Å²) in [6, 6.07) is 0. The summed E-state index contributed by atoms with van der Waals surface area (Å²) in [5.74, 6) is 0.547. The summed E-state index contributed by atoms with van der Waals surface area (Å²) in [5, 5.41) is 12.5. The predicted molar refractivity (Wildman–Crippen MR) is 154 cm³/mol. The molecule has 0 unspecified atom stereocenters. The molecule has 2 heterocycles. The molecule has 0 aromatic carbocycles. The zero-order valence-electron chi connectivity index (χ0n) is 24.2. The van der Waals surface area contributed by atoms with Crippen LogP contribution in [-0.2, 0) is 19.4 Å². The maximum absolute atomic E-state index is 13.2. The van der Waals surface area contributed by atoms with E-state index in [0.717, 1.165) is 87.0 Å². The first-order valence-corrected chi connectivity index (χ1v) is 14.5. The average Bonchev–Trinajstić information content (AvgIpc) is 2.91. The number of fused-ring (bicyclic) bond motifs is 1. The van der Waals surface area contributed by atoms with Crippen LogP contribution in [0.3, 0.4) is 0 Å². The van der Waals surface area contributed by atoms with Gasteiger partial charge in [-0.2, -0.15) is 0 Å². The summed E-state index contributed by atoms with van der Waals surface area (Å²) in [7, 11) is 0. The fourth-order valence-corrected chi connectivity index (χ4v) is 5.24. The number of rotatable bonds is 9. The zero-order chi connectivity index (χ0) is 28.5. The fourth-order valence-electron chi connectivity index (χ4n) is 5.24. The lowest BCUT2D eigenvalue weighted by atomic mass is 9.77. The number of halogens is 2. The van der Waals surface area contributed by atoms with Gasteiger partial charge in [0.05, 0.1) is 5.71 Å².